The molecule has 0 amide bonds. The lowest BCUT2D eigenvalue weighted by Crippen LogP contribution is -2.25. The minimum Gasteiger partial charge on any atom is -0.345 e. The summed E-state index contributed by atoms with van der Waals surface area (Å²) in [5.41, 5.74) is 8.51. The van der Waals surface area contributed by atoms with Gasteiger partial charge in [-0.15, -0.1) is 6.58 Å². The second kappa shape index (κ2) is 7.28. The van der Waals surface area contributed by atoms with E-state index in [-0.39, 0.29) is 0 Å². The number of allylic oxidation sites excluding steroid dienone is 1. The van der Waals surface area contributed by atoms with Crippen LogP contribution in [0.15, 0.2) is 53.1 Å². The highest BCUT2D eigenvalue weighted by Crippen LogP contribution is 2.23. The number of hydrogen-bond donors (Lipinski definition) is 1. The Labute approximate surface area is 151 Å². The number of aliphatic imine (C=N–C) groups is 1. The summed E-state index contributed by atoms with van der Waals surface area (Å²) in [6, 6.07) is 9.65. The minimum absolute atomic E-state index is 0.677. The highest BCUT2D eigenvalue weighted by atomic mass is 35.5. The van der Waals surface area contributed by atoms with Crippen molar-refractivity contribution in [2.75, 3.05) is 5.75 Å². The smallest absolute Gasteiger partial charge is 0.182 e. The van der Waals surface area contributed by atoms with Crippen molar-refractivity contribution in [2.24, 2.45) is 10.1 Å². The lowest BCUT2D eigenvalue weighted by atomic mass is 10.1. The number of rotatable bonds is 4. The maximum absolute atomic E-state index is 5.99. The minimum atomic E-state index is 0.677. The van der Waals surface area contributed by atoms with E-state index in [4.69, 9.17) is 11.6 Å². The van der Waals surface area contributed by atoms with Gasteiger partial charge in [0.05, 0.1) is 11.4 Å². The highest BCUT2D eigenvalue weighted by Gasteiger charge is 2.18. The molecule has 1 aliphatic rings. The molecule has 1 aromatic carbocycles. The Bertz CT molecular complexity index is 836. The molecule has 1 N–H and O–H groups in total. The van der Waals surface area contributed by atoms with Gasteiger partial charge in [-0.1, -0.05) is 35.5 Å². The molecule has 124 valence electrons. The van der Waals surface area contributed by atoms with Crippen LogP contribution in [-0.2, 0) is 6.54 Å². The molecule has 6 heteroatoms. The zero-order valence-corrected chi connectivity index (χ0v) is 15.3. The molecule has 3 rings (SSSR count). The number of aryl methyl sites for hydroxylation is 1. The fraction of sp³-hybridized carbons (Fsp3) is 0.222. The van der Waals surface area contributed by atoms with Crippen LogP contribution in [0.3, 0.4) is 0 Å². The lowest BCUT2D eigenvalue weighted by molar-refractivity contribution is 0.768. The number of thioether (sulfide) groups is 1. The van der Waals surface area contributed by atoms with Crippen LogP contribution in [0.4, 0.5) is 5.69 Å². The Morgan fingerprint density at radius 3 is 2.92 bits per heavy atom. The summed E-state index contributed by atoms with van der Waals surface area (Å²) in [6.07, 6.45) is 1.91. The maximum Gasteiger partial charge on any atom is 0.182 e. The van der Waals surface area contributed by atoms with E-state index in [0.29, 0.717) is 5.02 Å². The van der Waals surface area contributed by atoms with Crippen molar-refractivity contribution in [2.45, 2.75) is 20.4 Å². The van der Waals surface area contributed by atoms with E-state index in [9.17, 15) is 0 Å². The zero-order valence-electron chi connectivity index (χ0n) is 13.7. The second-order valence-electron chi connectivity index (χ2n) is 5.54. The molecule has 1 aliphatic heterocycles. The molecular formula is C18H19ClN4S. The van der Waals surface area contributed by atoms with Crippen LogP contribution in [0.5, 0.6) is 0 Å². The molecule has 24 heavy (non-hydrogen) atoms. The van der Waals surface area contributed by atoms with Crippen LogP contribution < -0.4 is 5.43 Å². The first-order valence-corrected chi connectivity index (χ1v) is 9.02. The molecule has 0 atom stereocenters. The fourth-order valence-corrected chi connectivity index (χ4v) is 3.64. The van der Waals surface area contributed by atoms with E-state index in [1.165, 1.54) is 17.0 Å². The number of hydrogen-bond acceptors (Lipinski definition) is 3. The molecule has 1 aromatic heterocycles. The average Bonchev–Trinajstić information content (AvgIpc) is 2.84. The largest absolute Gasteiger partial charge is 0.345 e. The van der Waals surface area contributed by atoms with Gasteiger partial charge in [0.1, 0.15) is 0 Å². The van der Waals surface area contributed by atoms with Gasteiger partial charge in [0.2, 0.25) is 0 Å². The van der Waals surface area contributed by atoms with Gasteiger partial charge >= 0.3 is 0 Å². The molecular weight excluding hydrogens is 340 g/mol. The number of nitrogens with zero attached hydrogens (tertiary/aromatic N) is 3. The van der Waals surface area contributed by atoms with Gasteiger partial charge in [-0.2, -0.15) is 5.10 Å². The Morgan fingerprint density at radius 1 is 1.42 bits per heavy atom. The lowest BCUT2D eigenvalue weighted by Gasteiger charge is -2.15. The summed E-state index contributed by atoms with van der Waals surface area (Å²) in [4.78, 5) is 4.54. The number of aromatic nitrogens is 1. The van der Waals surface area contributed by atoms with E-state index in [0.717, 1.165) is 28.9 Å². The third kappa shape index (κ3) is 3.57. The Morgan fingerprint density at radius 2 is 2.25 bits per heavy atom. The highest BCUT2D eigenvalue weighted by molar-refractivity contribution is 8.14. The average molecular weight is 359 g/mol. The molecule has 2 heterocycles. The van der Waals surface area contributed by atoms with Gasteiger partial charge in [-0.3, -0.25) is 5.43 Å². The van der Waals surface area contributed by atoms with Gasteiger partial charge in [0.15, 0.2) is 5.17 Å². The van der Waals surface area contributed by atoms with E-state index in [1.807, 2.05) is 30.3 Å². The van der Waals surface area contributed by atoms with Crippen LogP contribution in [0, 0.1) is 13.8 Å². The number of amidine groups is 1. The summed E-state index contributed by atoms with van der Waals surface area (Å²) in [5.74, 6) is 0.783. The van der Waals surface area contributed by atoms with Crippen molar-refractivity contribution < 1.29 is 0 Å². The van der Waals surface area contributed by atoms with Crippen molar-refractivity contribution in [3.63, 3.8) is 0 Å². The predicted molar refractivity (Wildman–Crippen MR) is 105 cm³/mol. The summed E-state index contributed by atoms with van der Waals surface area (Å²) in [5, 5.41) is 5.97. The third-order valence-corrected chi connectivity index (χ3v) is 4.98. The molecule has 0 saturated heterocycles. The summed E-state index contributed by atoms with van der Waals surface area (Å²) in [7, 11) is 0. The molecule has 0 spiro atoms. The van der Waals surface area contributed by atoms with Crippen molar-refractivity contribution >= 4 is 39.9 Å². The number of benzene rings is 1. The third-order valence-electron chi connectivity index (χ3n) is 3.87. The standard InChI is InChI=1S/C18H19ClN4S/c1-4-8-23-12(2)9-16(13(23)3)17-11-24-18(22-21-17)20-15-7-5-6-14(19)10-15/h4-7,9-10H,1,8,11H2,2-3H3,(H,20,22). The number of hydrazone groups is 1. The van der Waals surface area contributed by atoms with Crippen LogP contribution in [0.25, 0.3) is 0 Å². The summed E-state index contributed by atoms with van der Waals surface area (Å²) in [6.45, 7) is 8.86. The van der Waals surface area contributed by atoms with Gasteiger partial charge < -0.3 is 4.57 Å². The molecule has 0 fully saturated rings. The predicted octanol–water partition coefficient (Wildman–Crippen LogP) is 4.67. The van der Waals surface area contributed by atoms with Gasteiger partial charge in [-0.25, -0.2) is 4.99 Å². The SMILES string of the molecule is C=CCn1c(C)cc(C2=NNC(=Nc3cccc(Cl)c3)SC2)c1C. The Balaban J connectivity index is 1.81. The van der Waals surface area contributed by atoms with E-state index < -0.39 is 0 Å². The monoisotopic (exact) mass is 358 g/mol. The Hall–Kier alpha value is -1.98. The normalized spacial score (nSPS) is 16.0. The first-order chi connectivity index (χ1) is 11.6. The van der Waals surface area contributed by atoms with Crippen LogP contribution in [0.1, 0.15) is 17.0 Å². The van der Waals surface area contributed by atoms with Crippen molar-refractivity contribution in [3.05, 3.63) is 65.0 Å². The van der Waals surface area contributed by atoms with E-state index in [1.54, 1.807) is 11.8 Å². The number of halogens is 1. The van der Waals surface area contributed by atoms with E-state index in [2.05, 4.69) is 46.6 Å². The second-order valence-corrected chi connectivity index (χ2v) is 6.94. The molecule has 0 unspecified atom stereocenters. The van der Waals surface area contributed by atoms with Gasteiger partial charge in [-0.05, 0) is 38.1 Å². The molecule has 0 saturated carbocycles. The van der Waals surface area contributed by atoms with Gasteiger partial charge in [0, 0.05) is 34.3 Å². The topological polar surface area (TPSA) is 41.7 Å². The van der Waals surface area contributed by atoms with Crippen LogP contribution in [-0.4, -0.2) is 21.2 Å². The van der Waals surface area contributed by atoms with Crippen LogP contribution in [0.2, 0.25) is 5.02 Å². The molecule has 0 radical (unpaired) electrons. The fourth-order valence-electron chi connectivity index (χ4n) is 2.68. The first kappa shape index (κ1) is 16.9. The maximum atomic E-state index is 5.99. The Kier molecular flexibility index (Phi) is 5.11. The van der Waals surface area contributed by atoms with E-state index >= 15 is 0 Å². The van der Waals surface area contributed by atoms with Crippen molar-refractivity contribution in [1.29, 1.82) is 0 Å². The first-order valence-electron chi connectivity index (χ1n) is 7.66. The summed E-state index contributed by atoms with van der Waals surface area (Å²) >= 11 is 7.63. The molecule has 2 aromatic rings. The quantitative estimate of drug-likeness (QED) is 0.807. The van der Waals surface area contributed by atoms with Crippen LogP contribution >= 0.6 is 23.4 Å². The van der Waals surface area contributed by atoms with Crippen molar-refractivity contribution in [3.8, 4) is 0 Å². The van der Waals surface area contributed by atoms with Crippen molar-refractivity contribution in [1.82, 2.24) is 9.99 Å². The zero-order chi connectivity index (χ0) is 17.1. The molecule has 0 aliphatic carbocycles. The summed E-state index contributed by atoms with van der Waals surface area (Å²) < 4.78 is 2.24. The molecule has 4 nitrogen and oxygen atoms in total. The molecule has 0 bridgehead atoms. The van der Waals surface area contributed by atoms with Gasteiger partial charge in [0.25, 0.3) is 0 Å². The number of nitrogens with one attached hydrogen (secondary N) is 1.